The lowest BCUT2D eigenvalue weighted by molar-refractivity contribution is -0.138. The molecule has 1 aromatic carbocycles. The van der Waals surface area contributed by atoms with Gasteiger partial charge in [0.1, 0.15) is 0 Å². The van der Waals surface area contributed by atoms with Crippen molar-refractivity contribution in [1.82, 2.24) is 10.2 Å². The molecule has 0 aliphatic carbocycles. The number of rotatable bonds is 3. The first-order chi connectivity index (χ1) is 10.9. The second kappa shape index (κ2) is 8.04. The molecule has 2 N–H and O–H groups in total. The molecule has 3 atom stereocenters. The Morgan fingerprint density at radius 1 is 1.25 bits per heavy atom. The van der Waals surface area contributed by atoms with Gasteiger partial charge in [0.05, 0.1) is 11.7 Å². The van der Waals surface area contributed by atoms with Crippen LogP contribution in [0.2, 0.25) is 0 Å². The lowest BCUT2D eigenvalue weighted by Crippen LogP contribution is -2.38. The summed E-state index contributed by atoms with van der Waals surface area (Å²) in [5.41, 5.74) is -0.286. The molecule has 0 amide bonds. The van der Waals surface area contributed by atoms with Crippen LogP contribution < -0.4 is 5.32 Å². The monoisotopic (exact) mass is 364 g/mol. The minimum atomic E-state index is -4.36. The summed E-state index contributed by atoms with van der Waals surface area (Å²) < 4.78 is 39.9. The minimum absolute atomic E-state index is 0. The third-order valence-electron chi connectivity index (χ3n) is 4.90. The predicted octanol–water partition coefficient (Wildman–Crippen LogP) is 3.23. The molecule has 2 fully saturated rings. The van der Waals surface area contributed by atoms with Crippen LogP contribution in [0.5, 0.6) is 0 Å². The van der Waals surface area contributed by atoms with Crippen LogP contribution >= 0.6 is 12.4 Å². The third-order valence-corrected chi connectivity index (χ3v) is 4.90. The van der Waals surface area contributed by atoms with Gasteiger partial charge in [-0.05, 0) is 49.9 Å². The summed E-state index contributed by atoms with van der Waals surface area (Å²) in [4.78, 5) is 2.03. The summed E-state index contributed by atoms with van der Waals surface area (Å²) in [6.07, 6.45) is -2.36. The van der Waals surface area contributed by atoms with Crippen molar-refractivity contribution in [3.63, 3.8) is 0 Å². The number of halogens is 4. The second-order valence-corrected chi connectivity index (χ2v) is 6.66. The molecule has 3 unspecified atom stereocenters. The fraction of sp³-hybridized carbons (Fsp3) is 0.647. The number of hydrogen-bond acceptors (Lipinski definition) is 3. The Balaban J connectivity index is 0.00000208. The average molecular weight is 365 g/mol. The molecule has 7 heteroatoms. The zero-order valence-electron chi connectivity index (χ0n) is 13.4. The summed E-state index contributed by atoms with van der Waals surface area (Å²) in [7, 11) is 0. The molecule has 2 saturated heterocycles. The van der Waals surface area contributed by atoms with Gasteiger partial charge in [-0.25, -0.2) is 0 Å². The fourth-order valence-corrected chi connectivity index (χ4v) is 3.86. The highest BCUT2D eigenvalue weighted by Crippen LogP contribution is 2.40. The van der Waals surface area contributed by atoms with Gasteiger partial charge in [0.2, 0.25) is 0 Å². The van der Waals surface area contributed by atoms with Gasteiger partial charge >= 0.3 is 6.18 Å². The van der Waals surface area contributed by atoms with E-state index in [4.69, 9.17) is 0 Å². The van der Waals surface area contributed by atoms with Gasteiger partial charge in [0.15, 0.2) is 0 Å². The zero-order valence-corrected chi connectivity index (χ0v) is 14.2. The van der Waals surface area contributed by atoms with Crippen molar-refractivity contribution in [2.45, 2.75) is 37.6 Å². The largest absolute Gasteiger partial charge is 0.416 e. The first-order valence-electron chi connectivity index (χ1n) is 8.24. The van der Waals surface area contributed by atoms with Gasteiger partial charge in [-0.2, -0.15) is 13.2 Å². The molecular weight excluding hydrogens is 341 g/mol. The molecule has 0 saturated carbocycles. The van der Waals surface area contributed by atoms with E-state index in [0.717, 1.165) is 38.5 Å². The van der Waals surface area contributed by atoms with Crippen molar-refractivity contribution in [2.24, 2.45) is 5.92 Å². The van der Waals surface area contributed by atoms with E-state index in [1.165, 1.54) is 6.07 Å². The number of nitrogens with one attached hydrogen (secondary N) is 1. The number of aliphatic hydroxyl groups is 1. The summed E-state index contributed by atoms with van der Waals surface area (Å²) in [6.45, 7) is 3.11. The van der Waals surface area contributed by atoms with E-state index in [0.29, 0.717) is 24.4 Å². The van der Waals surface area contributed by atoms with Crippen molar-refractivity contribution in [1.29, 1.82) is 0 Å². The van der Waals surface area contributed by atoms with Crippen LogP contribution in [0.1, 0.15) is 36.4 Å². The molecule has 3 rings (SSSR count). The van der Waals surface area contributed by atoms with Crippen LogP contribution in [0.15, 0.2) is 24.3 Å². The van der Waals surface area contributed by atoms with Gasteiger partial charge in [-0.15, -0.1) is 12.4 Å². The van der Waals surface area contributed by atoms with Crippen LogP contribution in [0.4, 0.5) is 13.2 Å². The zero-order chi connectivity index (χ0) is 16.4. The normalized spacial score (nSPS) is 28.6. The molecule has 136 valence electrons. The number of hydrogen-bond donors (Lipinski definition) is 2. The van der Waals surface area contributed by atoms with Gasteiger partial charge in [-0.3, -0.25) is 4.90 Å². The summed E-state index contributed by atoms with van der Waals surface area (Å²) in [6, 6.07) is 5.41. The quantitative estimate of drug-likeness (QED) is 0.864. The topological polar surface area (TPSA) is 35.5 Å². The first kappa shape index (κ1) is 19.5. The van der Waals surface area contributed by atoms with Crippen molar-refractivity contribution in [3.05, 3.63) is 35.4 Å². The number of β-amino-alcohol motifs (C(OH)–C–C–N with tert-alkyl or cyclic N) is 1. The highest BCUT2D eigenvalue weighted by molar-refractivity contribution is 5.85. The number of piperidine rings is 1. The number of aliphatic hydroxyl groups excluding tert-OH is 1. The Morgan fingerprint density at radius 2 is 2.00 bits per heavy atom. The third kappa shape index (κ3) is 4.42. The Labute approximate surface area is 146 Å². The van der Waals surface area contributed by atoms with E-state index in [1.807, 2.05) is 4.90 Å². The molecule has 2 aliphatic rings. The standard InChI is InChI=1S/C17H23F3N2O.ClH/c18-17(19,20)15-6-2-1-5-14(15)16-8-13(23)11-22(16)10-12-4-3-7-21-9-12;/h1-2,5-6,12-13,16,21,23H,3-4,7-11H2;1H. The van der Waals surface area contributed by atoms with Gasteiger partial charge in [0.25, 0.3) is 0 Å². The second-order valence-electron chi connectivity index (χ2n) is 6.66. The maximum absolute atomic E-state index is 13.3. The van der Waals surface area contributed by atoms with Crippen LogP contribution in [0, 0.1) is 5.92 Å². The SMILES string of the molecule is Cl.OC1CC(c2ccccc2C(F)(F)F)N(CC2CCCNC2)C1. The van der Waals surface area contributed by atoms with Crippen molar-refractivity contribution < 1.29 is 18.3 Å². The van der Waals surface area contributed by atoms with Crippen molar-refractivity contribution in [2.75, 3.05) is 26.2 Å². The number of benzene rings is 1. The van der Waals surface area contributed by atoms with Gasteiger partial charge in [0, 0.05) is 19.1 Å². The van der Waals surface area contributed by atoms with Gasteiger partial charge < -0.3 is 10.4 Å². The minimum Gasteiger partial charge on any atom is -0.392 e. The highest BCUT2D eigenvalue weighted by atomic mass is 35.5. The number of likely N-dealkylation sites (tertiary alicyclic amines) is 1. The lowest BCUT2D eigenvalue weighted by Gasteiger charge is -2.32. The van der Waals surface area contributed by atoms with E-state index in [1.54, 1.807) is 12.1 Å². The molecule has 0 aromatic heterocycles. The predicted molar refractivity (Wildman–Crippen MR) is 89.2 cm³/mol. The molecule has 0 bridgehead atoms. The smallest absolute Gasteiger partial charge is 0.392 e. The summed E-state index contributed by atoms with van der Waals surface area (Å²) in [5, 5.41) is 13.4. The van der Waals surface area contributed by atoms with E-state index >= 15 is 0 Å². The van der Waals surface area contributed by atoms with Crippen LogP contribution in [-0.4, -0.2) is 42.3 Å². The molecule has 24 heavy (non-hydrogen) atoms. The molecule has 1 aromatic rings. The first-order valence-corrected chi connectivity index (χ1v) is 8.24. The summed E-state index contributed by atoms with van der Waals surface area (Å²) in [5.74, 6) is 0.439. The molecule has 0 radical (unpaired) electrons. The fourth-order valence-electron chi connectivity index (χ4n) is 3.86. The molecule has 3 nitrogen and oxygen atoms in total. The van der Waals surface area contributed by atoms with Crippen molar-refractivity contribution in [3.8, 4) is 0 Å². The van der Waals surface area contributed by atoms with Gasteiger partial charge in [-0.1, -0.05) is 18.2 Å². The maximum Gasteiger partial charge on any atom is 0.416 e. The Bertz CT molecular complexity index is 535. The van der Waals surface area contributed by atoms with E-state index in [2.05, 4.69) is 5.32 Å². The van der Waals surface area contributed by atoms with E-state index in [-0.39, 0.29) is 18.4 Å². The van der Waals surface area contributed by atoms with Crippen molar-refractivity contribution >= 4 is 12.4 Å². The Morgan fingerprint density at radius 3 is 2.67 bits per heavy atom. The van der Waals surface area contributed by atoms with Crippen LogP contribution in [0.3, 0.4) is 0 Å². The van der Waals surface area contributed by atoms with E-state index in [9.17, 15) is 18.3 Å². The Kier molecular flexibility index (Phi) is 6.53. The number of alkyl halides is 3. The molecular formula is C17H24ClF3N2O. The van der Waals surface area contributed by atoms with Crippen LogP contribution in [0.25, 0.3) is 0 Å². The van der Waals surface area contributed by atoms with E-state index < -0.39 is 17.8 Å². The van der Waals surface area contributed by atoms with Crippen LogP contribution in [-0.2, 0) is 6.18 Å². The number of nitrogens with zero attached hydrogens (tertiary/aromatic N) is 1. The maximum atomic E-state index is 13.3. The summed E-state index contributed by atoms with van der Waals surface area (Å²) >= 11 is 0. The molecule has 2 aliphatic heterocycles. The Hall–Kier alpha value is -0.820. The lowest BCUT2D eigenvalue weighted by atomic mass is 9.95. The molecule has 2 heterocycles. The highest BCUT2D eigenvalue weighted by Gasteiger charge is 2.40. The average Bonchev–Trinajstić information content (AvgIpc) is 2.88. The molecule has 0 spiro atoms.